The van der Waals surface area contributed by atoms with Crippen molar-refractivity contribution in [1.82, 2.24) is 15.1 Å². The third kappa shape index (κ3) is 4.62. The van der Waals surface area contributed by atoms with Crippen molar-refractivity contribution in [3.05, 3.63) is 87.3 Å². The number of hydrogen-bond donors (Lipinski definition) is 2. The summed E-state index contributed by atoms with van der Waals surface area (Å²) in [6.07, 6.45) is 0. The maximum absolute atomic E-state index is 14.4. The molecule has 0 saturated carbocycles. The summed E-state index contributed by atoms with van der Waals surface area (Å²) in [4.78, 5) is 24.5. The Labute approximate surface area is 178 Å². The summed E-state index contributed by atoms with van der Waals surface area (Å²) in [6, 6.07) is 8.94. The summed E-state index contributed by atoms with van der Waals surface area (Å²) in [6.45, 7) is -2.05. The zero-order valence-electron chi connectivity index (χ0n) is 16.6. The maximum atomic E-state index is 14.4. The van der Waals surface area contributed by atoms with Crippen LogP contribution in [0.2, 0.25) is 0 Å². The fraction of sp³-hybridized carbons (Fsp3) is 0.190. The van der Waals surface area contributed by atoms with Crippen molar-refractivity contribution in [3.8, 4) is 11.4 Å². The predicted octanol–water partition coefficient (Wildman–Crippen LogP) is 2.53. The first-order chi connectivity index (χ1) is 15.2. The second-order valence-corrected chi connectivity index (χ2v) is 6.61. The van der Waals surface area contributed by atoms with Gasteiger partial charge < -0.3 is 15.2 Å². The molecule has 1 amide bonds. The fourth-order valence-corrected chi connectivity index (χ4v) is 2.84. The highest BCUT2D eigenvalue weighted by Crippen LogP contribution is 2.30. The number of ether oxygens (including phenoxy) is 1. The first kappa shape index (κ1) is 22.9. The first-order valence-corrected chi connectivity index (χ1v) is 9.17. The molecule has 1 aromatic heterocycles. The number of carbonyl (C=O) groups is 1. The van der Waals surface area contributed by atoms with Crippen LogP contribution in [0.25, 0.3) is 5.69 Å². The highest BCUT2D eigenvalue weighted by atomic mass is 19.3. The Hall–Kier alpha value is -3.73. The van der Waals surface area contributed by atoms with Gasteiger partial charge in [0.25, 0.3) is 17.4 Å². The number of aliphatic hydroxyl groups is 1. The molecular formula is C21H17F4N3O4. The molecule has 168 valence electrons. The number of alkyl halides is 2. The molecule has 0 saturated heterocycles. The number of aliphatic hydroxyl groups excluding tert-OH is 1. The summed E-state index contributed by atoms with van der Waals surface area (Å²) in [5, 5.41) is 14.9. The number of hydrogen-bond acceptors (Lipinski definition) is 5. The van der Waals surface area contributed by atoms with Gasteiger partial charge in [0, 0.05) is 24.2 Å². The average Bonchev–Trinajstić information content (AvgIpc) is 2.78. The van der Waals surface area contributed by atoms with Crippen LogP contribution in [0.4, 0.5) is 17.6 Å². The van der Waals surface area contributed by atoms with Gasteiger partial charge in [-0.2, -0.15) is 18.6 Å². The van der Waals surface area contributed by atoms with Crippen molar-refractivity contribution in [1.29, 1.82) is 0 Å². The zero-order valence-corrected chi connectivity index (χ0v) is 16.6. The molecule has 1 heterocycles. The van der Waals surface area contributed by atoms with Gasteiger partial charge in [-0.05, 0) is 24.3 Å². The van der Waals surface area contributed by atoms with Gasteiger partial charge in [0.05, 0.1) is 12.7 Å². The van der Waals surface area contributed by atoms with Crippen LogP contribution in [-0.2, 0) is 12.5 Å². The Morgan fingerprint density at radius 1 is 1.19 bits per heavy atom. The number of rotatable bonds is 7. The number of methoxy groups -OCH3 is 1. The molecule has 0 spiro atoms. The van der Waals surface area contributed by atoms with E-state index in [0.29, 0.717) is 4.68 Å². The smallest absolute Gasteiger partial charge is 0.298 e. The fourth-order valence-electron chi connectivity index (χ4n) is 2.84. The highest BCUT2D eigenvalue weighted by molar-refractivity contribution is 5.92. The van der Waals surface area contributed by atoms with Crippen LogP contribution in [0, 0.1) is 11.6 Å². The largest absolute Gasteiger partial charge is 0.497 e. The number of amides is 1. The van der Waals surface area contributed by atoms with E-state index in [0.717, 1.165) is 30.3 Å². The molecule has 2 aromatic carbocycles. The molecule has 0 aliphatic rings. The standard InChI is InChI=1S/C21H17F4N3O4/c1-32-13-5-7-17(15(22)9-13)28-18(30)8-6-16(27-28)20(31)26-10-12-3-2-4-14(19(12)23)21(24,25)11-29/h2-9,29H,10-11H2,1H3,(H,26,31). The number of aromatic nitrogens is 2. The molecule has 3 aromatic rings. The summed E-state index contributed by atoms with van der Waals surface area (Å²) < 4.78 is 61.6. The lowest BCUT2D eigenvalue weighted by Crippen LogP contribution is -2.29. The third-order valence-electron chi connectivity index (χ3n) is 4.53. The molecule has 0 atom stereocenters. The van der Waals surface area contributed by atoms with Gasteiger partial charge in [-0.25, -0.2) is 8.78 Å². The molecular weight excluding hydrogens is 434 g/mol. The van der Waals surface area contributed by atoms with E-state index in [2.05, 4.69) is 10.4 Å². The Kier molecular flexibility index (Phi) is 6.58. The van der Waals surface area contributed by atoms with E-state index in [-0.39, 0.29) is 22.7 Å². The summed E-state index contributed by atoms with van der Waals surface area (Å²) >= 11 is 0. The van der Waals surface area contributed by atoms with Crippen LogP contribution in [0.5, 0.6) is 5.75 Å². The lowest BCUT2D eigenvalue weighted by molar-refractivity contribution is -0.0583. The van der Waals surface area contributed by atoms with Crippen molar-refractivity contribution in [3.63, 3.8) is 0 Å². The van der Waals surface area contributed by atoms with E-state index in [1.54, 1.807) is 0 Å². The number of benzene rings is 2. The summed E-state index contributed by atoms with van der Waals surface area (Å²) in [5.41, 5.74) is -2.49. The van der Waals surface area contributed by atoms with Gasteiger partial charge in [0.1, 0.15) is 29.6 Å². The molecule has 0 radical (unpaired) electrons. The number of carbonyl (C=O) groups excluding carboxylic acids is 1. The van der Waals surface area contributed by atoms with Crippen LogP contribution in [0.1, 0.15) is 21.6 Å². The molecule has 0 fully saturated rings. The van der Waals surface area contributed by atoms with Crippen LogP contribution in [0.3, 0.4) is 0 Å². The predicted molar refractivity (Wildman–Crippen MR) is 105 cm³/mol. The number of nitrogens with one attached hydrogen (secondary N) is 1. The zero-order chi connectivity index (χ0) is 23.5. The highest BCUT2D eigenvalue weighted by Gasteiger charge is 2.34. The third-order valence-corrected chi connectivity index (χ3v) is 4.53. The Morgan fingerprint density at radius 2 is 1.94 bits per heavy atom. The van der Waals surface area contributed by atoms with Gasteiger partial charge in [-0.3, -0.25) is 9.59 Å². The second kappa shape index (κ2) is 9.18. The van der Waals surface area contributed by atoms with Crippen LogP contribution in [-0.4, -0.2) is 34.5 Å². The van der Waals surface area contributed by atoms with Crippen LogP contribution in [0.15, 0.2) is 53.3 Å². The Morgan fingerprint density at radius 3 is 2.59 bits per heavy atom. The molecule has 0 aliphatic carbocycles. The van der Waals surface area contributed by atoms with Gasteiger partial charge >= 0.3 is 0 Å². The first-order valence-electron chi connectivity index (χ1n) is 9.17. The minimum atomic E-state index is -3.79. The molecule has 0 unspecified atom stereocenters. The van der Waals surface area contributed by atoms with Crippen molar-refractivity contribution in [2.45, 2.75) is 12.5 Å². The van der Waals surface area contributed by atoms with Crippen molar-refractivity contribution in [2.24, 2.45) is 0 Å². The van der Waals surface area contributed by atoms with Gasteiger partial charge in [0.15, 0.2) is 5.82 Å². The Balaban J connectivity index is 1.84. The molecule has 11 heteroatoms. The van der Waals surface area contributed by atoms with Crippen LogP contribution < -0.4 is 15.6 Å². The van der Waals surface area contributed by atoms with E-state index in [1.165, 1.54) is 25.3 Å². The topological polar surface area (TPSA) is 93.5 Å². The number of halogens is 4. The maximum Gasteiger partial charge on any atom is 0.298 e. The molecule has 0 bridgehead atoms. The van der Waals surface area contributed by atoms with E-state index in [1.807, 2.05) is 0 Å². The van der Waals surface area contributed by atoms with Crippen molar-refractivity contribution < 1.29 is 32.2 Å². The van der Waals surface area contributed by atoms with Gasteiger partial charge in [-0.15, -0.1) is 0 Å². The minimum absolute atomic E-state index is 0.212. The number of nitrogens with zero attached hydrogens (tertiary/aromatic N) is 2. The lowest BCUT2D eigenvalue weighted by Gasteiger charge is -2.16. The molecule has 3 rings (SSSR count). The van der Waals surface area contributed by atoms with Gasteiger partial charge in [0.2, 0.25) is 0 Å². The van der Waals surface area contributed by atoms with E-state index in [9.17, 15) is 27.2 Å². The Bertz CT molecular complexity index is 1210. The van der Waals surface area contributed by atoms with E-state index < -0.39 is 47.7 Å². The van der Waals surface area contributed by atoms with E-state index >= 15 is 0 Å². The molecule has 0 aliphatic heterocycles. The van der Waals surface area contributed by atoms with Crippen LogP contribution >= 0.6 is 0 Å². The van der Waals surface area contributed by atoms with E-state index in [4.69, 9.17) is 9.84 Å². The average molecular weight is 451 g/mol. The van der Waals surface area contributed by atoms with Crippen molar-refractivity contribution in [2.75, 3.05) is 13.7 Å². The normalized spacial score (nSPS) is 11.3. The monoisotopic (exact) mass is 451 g/mol. The summed E-state index contributed by atoms with van der Waals surface area (Å²) in [5.74, 6) is -6.52. The lowest BCUT2D eigenvalue weighted by atomic mass is 10.0. The SMILES string of the molecule is COc1ccc(-n2nc(C(=O)NCc3cccc(C(F)(F)CO)c3F)ccc2=O)c(F)c1. The minimum Gasteiger partial charge on any atom is -0.497 e. The molecule has 32 heavy (non-hydrogen) atoms. The second-order valence-electron chi connectivity index (χ2n) is 6.61. The molecule has 7 nitrogen and oxygen atoms in total. The quantitative estimate of drug-likeness (QED) is 0.539. The van der Waals surface area contributed by atoms with Gasteiger partial charge in [-0.1, -0.05) is 12.1 Å². The van der Waals surface area contributed by atoms with Crippen molar-refractivity contribution >= 4 is 5.91 Å². The molecule has 2 N–H and O–H groups in total. The summed E-state index contributed by atoms with van der Waals surface area (Å²) in [7, 11) is 1.34.